The van der Waals surface area contributed by atoms with Crippen molar-refractivity contribution >= 4 is 18.2 Å². The van der Waals surface area contributed by atoms with Crippen molar-refractivity contribution in [2.75, 3.05) is 19.7 Å². The summed E-state index contributed by atoms with van der Waals surface area (Å²) in [5.41, 5.74) is 0.377. The number of amides is 3. The summed E-state index contributed by atoms with van der Waals surface area (Å²) in [5.74, 6) is -0.366. The van der Waals surface area contributed by atoms with Crippen molar-refractivity contribution in [3.63, 3.8) is 0 Å². The van der Waals surface area contributed by atoms with E-state index in [9.17, 15) is 14.0 Å². The van der Waals surface area contributed by atoms with E-state index in [1.165, 1.54) is 18.3 Å². The zero-order valence-electron chi connectivity index (χ0n) is 11.7. The molecule has 3 amide bonds. The van der Waals surface area contributed by atoms with Crippen LogP contribution in [0.25, 0.3) is 6.08 Å². The van der Waals surface area contributed by atoms with Gasteiger partial charge < -0.3 is 20.7 Å². The molecule has 0 aliphatic rings. The fourth-order valence-corrected chi connectivity index (χ4v) is 1.39. The van der Waals surface area contributed by atoms with Crippen molar-refractivity contribution < 1.29 is 18.7 Å². The average Bonchev–Trinajstić information content (AvgIpc) is 2.46. The van der Waals surface area contributed by atoms with Gasteiger partial charge in [-0.15, -0.1) is 0 Å². The van der Waals surface area contributed by atoms with Gasteiger partial charge in [0, 0.05) is 24.9 Å². The summed E-state index contributed by atoms with van der Waals surface area (Å²) in [6.07, 6.45) is 2.26. The third-order valence-corrected chi connectivity index (χ3v) is 2.34. The highest BCUT2D eigenvalue weighted by atomic mass is 19.1. The minimum absolute atomic E-state index is 0.248. The van der Waals surface area contributed by atoms with Crippen molar-refractivity contribution in [2.24, 2.45) is 0 Å². The van der Waals surface area contributed by atoms with E-state index in [0.717, 1.165) is 0 Å². The summed E-state index contributed by atoms with van der Waals surface area (Å²) in [5, 5.41) is 7.40. The predicted octanol–water partition coefficient (Wildman–Crippen LogP) is 1.84. The van der Waals surface area contributed by atoms with Crippen LogP contribution in [-0.4, -0.2) is 31.8 Å². The second-order valence-corrected chi connectivity index (χ2v) is 3.90. The Balaban J connectivity index is 2.20. The molecule has 21 heavy (non-hydrogen) atoms. The Hall–Kier alpha value is -2.57. The Morgan fingerprint density at radius 3 is 2.67 bits per heavy atom. The molecule has 0 bridgehead atoms. The zero-order chi connectivity index (χ0) is 15.5. The Labute approximate surface area is 122 Å². The van der Waals surface area contributed by atoms with Gasteiger partial charge >= 0.3 is 12.1 Å². The maximum atomic E-state index is 13.3. The van der Waals surface area contributed by atoms with Crippen LogP contribution in [0.5, 0.6) is 0 Å². The van der Waals surface area contributed by atoms with E-state index in [-0.39, 0.29) is 18.9 Å². The van der Waals surface area contributed by atoms with Gasteiger partial charge in [0.1, 0.15) is 5.82 Å². The number of ether oxygens (including phenoxy) is 1. The molecule has 0 spiro atoms. The SMILES string of the molecule is CCOC(=O)NCCNC(=O)N/C=C/c1ccccc1F. The van der Waals surface area contributed by atoms with E-state index in [0.29, 0.717) is 12.2 Å². The topological polar surface area (TPSA) is 79.5 Å². The van der Waals surface area contributed by atoms with Crippen molar-refractivity contribution in [3.05, 3.63) is 41.8 Å². The molecule has 1 aromatic rings. The van der Waals surface area contributed by atoms with Gasteiger partial charge in [0.05, 0.1) is 6.61 Å². The molecule has 7 heteroatoms. The summed E-state index contributed by atoms with van der Waals surface area (Å²) in [6.45, 7) is 2.50. The molecule has 1 aromatic carbocycles. The second-order valence-electron chi connectivity index (χ2n) is 3.90. The van der Waals surface area contributed by atoms with Crippen LogP contribution < -0.4 is 16.0 Å². The Morgan fingerprint density at radius 1 is 1.24 bits per heavy atom. The van der Waals surface area contributed by atoms with E-state index in [1.807, 2.05) is 0 Å². The average molecular weight is 295 g/mol. The summed E-state index contributed by atoms with van der Waals surface area (Å²) < 4.78 is 17.9. The molecule has 3 N–H and O–H groups in total. The lowest BCUT2D eigenvalue weighted by Gasteiger charge is -2.06. The largest absolute Gasteiger partial charge is 0.450 e. The van der Waals surface area contributed by atoms with Crippen LogP contribution in [0.3, 0.4) is 0 Å². The lowest BCUT2D eigenvalue weighted by atomic mass is 10.2. The number of urea groups is 1. The number of alkyl carbamates (subject to hydrolysis) is 1. The van der Waals surface area contributed by atoms with Gasteiger partial charge in [0.15, 0.2) is 0 Å². The zero-order valence-corrected chi connectivity index (χ0v) is 11.7. The first-order valence-corrected chi connectivity index (χ1v) is 6.49. The van der Waals surface area contributed by atoms with Crippen LogP contribution in [0.15, 0.2) is 30.5 Å². The molecule has 0 aliphatic carbocycles. The number of nitrogens with one attached hydrogen (secondary N) is 3. The summed E-state index contributed by atoms with van der Waals surface area (Å²) in [6, 6.07) is 5.76. The molecule has 6 nitrogen and oxygen atoms in total. The van der Waals surface area contributed by atoms with E-state index in [4.69, 9.17) is 0 Å². The fourth-order valence-electron chi connectivity index (χ4n) is 1.39. The molecule has 0 radical (unpaired) electrons. The molecular formula is C14H18FN3O3. The number of carbonyl (C=O) groups is 2. The molecule has 0 aromatic heterocycles. The molecule has 0 aliphatic heterocycles. The van der Waals surface area contributed by atoms with Crippen LogP contribution in [0.2, 0.25) is 0 Å². The molecule has 0 heterocycles. The number of halogens is 1. The summed E-state index contributed by atoms with van der Waals surface area (Å²) in [7, 11) is 0. The molecule has 0 saturated carbocycles. The second kappa shape index (κ2) is 9.35. The highest BCUT2D eigenvalue weighted by Gasteiger charge is 2.00. The predicted molar refractivity (Wildman–Crippen MR) is 77.0 cm³/mol. The monoisotopic (exact) mass is 295 g/mol. The minimum Gasteiger partial charge on any atom is -0.450 e. The molecule has 114 valence electrons. The van der Waals surface area contributed by atoms with Gasteiger partial charge in [-0.05, 0) is 19.1 Å². The van der Waals surface area contributed by atoms with Crippen LogP contribution in [0.4, 0.5) is 14.0 Å². The molecule has 0 atom stereocenters. The molecule has 0 fully saturated rings. The van der Waals surface area contributed by atoms with Crippen molar-refractivity contribution in [2.45, 2.75) is 6.92 Å². The maximum absolute atomic E-state index is 13.3. The number of hydrogen-bond donors (Lipinski definition) is 3. The Morgan fingerprint density at radius 2 is 1.95 bits per heavy atom. The third-order valence-electron chi connectivity index (χ3n) is 2.34. The van der Waals surface area contributed by atoms with E-state index in [2.05, 4.69) is 20.7 Å². The van der Waals surface area contributed by atoms with Crippen molar-refractivity contribution in [1.82, 2.24) is 16.0 Å². The maximum Gasteiger partial charge on any atom is 0.407 e. The van der Waals surface area contributed by atoms with Gasteiger partial charge in [-0.3, -0.25) is 0 Å². The van der Waals surface area contributed by atoms with E-state index in [1.54, 1.807) is 25.1 Å². The summed E-state index contributed by atoms with van der Waals surface area (Å²) in [4.78, 5) is 22.3. The van der Waals surface area contributed by atoms with E-state index >= 15 is 0 Å². The number of rotatable bonds is 6. The van der Waals surface area contributed by atoms with Crippen LogP contribution in [-0.2, 0) is 4.74 Å². The number of hydrogen-bond acceptors (Lipinski definition) is 3. The van der Waals surface area contributed by atoms with Crippen LogP contribution in [0.1, 0.15) is 12.5 Å². The molecule has 0 saturated heterocycles. The molecule has 0 unspecified atom stereocenters. The van der Waals surface area contributed by atoms with Gasteiger partial charge in [-0.25, -0.2) is 14.0 Å². The smallest absolute Gasteiger partial charge is 0.407 e. The van der Waals surface area contributed by atoms with Crippen LogP contribution >= 0.6 is 0 Å². The van der Waals surface area contributed by atoms with Crippen molar-refractivity contribution in [1.29, 1.82) is 0 Å². The van der Waals surface area contributed by atoms with Crippen molar-refractivity contribution in [3.8, 4) is 0 Å². The minimum atomic E-state index is -0.529. The lowest BCUT2D eigenvalue weighted by molar-refractivity contribution is 0.152. The van der Waals surface area contributed by atoms with Gasteiger partial charge in [0.2, 0.25) is 0 Å². The Kier molecular flexibility index (Phi) is 7.34. The third kappa shape index (κ3) is 6.95. The standard InChI is InChI=1S/C14H18FN3O3/c1-2-21-14(20)18-10-9-17-13(19)16-8-7-11-5-3-4-6-12(11)15/h3-8H,2,9-10H2,1H3,(H,18,20)(H2,16,17,19)/b8-7+. The number of carbonyl (C=O) groups excluding carboxylic acids is 2. The van der Waals surface area contributed by atoms with Gasteiger partial charge in [0.25, 0.3) is 0 Å². The first-order chi connectivity index (χ1) is 10.1. The van der Waals surface area contributed by atoms with Crippen LogP contribution in [0, 0.1) is 5.82 Å². The van der Waals surface area contributed by atoms with E-state index < -0.39 is 12.1 Å². The Bertz CT molecular complexity index is 506. The highest BCUT2D eigenvalue weighted by molar-refractivity contribution is 5.76. The fraction of sp³-hybridized carbons (Fsp3) is 0.286. The first-order valence-electron chi connectivity index (χ1n) is 6.49. The lowest BCUT2D eigenvalue weighted by Crippen LogP contribution is -2.38. The quantitative estimate of drug-likeness (QED) is 0.701. The first kappa shape index (κ1) is 16.5. The number of benzene rings is 1. The highest BCUT2D eigenvalue weighted by Crippen LogP contribution is 2.07. The van der Waals surface area contributed by atoms with Gasteiger partial charge in [-0.2, -0.15) is 0 Å². The molecule has 1 rings (SSSR count). The molecular weight excluding hydrogens is 277 g/mol. The van der Waals surface area contributed by atoms with Gasteiger partial charge in [-0.1, -0.05) is 18.2 Å². The summed E-state index contributed by atoms with van der Waals surface area (Å²) >= 11 is 0. The normalized spacial score (nSPS) is 10.2.